The Morgan fingerprint density at radius 1 is 1.00 bits per heavy atom. The van der Waals surface area contributed by atoms with Gasteiger partial charge in [-0.3, -0.25) is 4.79 Å². The summed E-state index contributed by atoms with van der Waals surface area (Å²) < 4.78 is 8.28. The molecular formula is C25H22N2O4S. The molecule has 1 atom stereocenters. The molecule has 0 spiro atoms. The minimum Gasteiger partial charge on any atom is -0.489 e. The molecule has 4 aromatic rings. The van der Waals surface area contributed by atoms with Gasteiger partial charge in [-0.15, -0.1) is 0 Å². The lowest BCUT2D eigenvalue weighted by Gasteiger charge is -2.13. The number of amides is 1. The SMILES string of the molecule is CCC(C(=O)O)n1c(=NC(=O)c2ccc(OCc3ccccc3)cc2)sc2ccccc21. The summed E-state index contributed by atoms with van der Waals surface area (Å²) in [6.45, 7) is 2.24. The third-order valence-electron chi connectivity index (χ3n) is 5.06. The Morgan fingerprint density at radius 3 is 2.38 bits per heavy atom. The highest BCUT2D eigenvalue weighted by molar-refractivity contribution is 7.16. The summed E-state index contributed by atoms with van der Waals surface area (Å²) in [5.41, 5.74) is 2.22. The molecule has 0 fully saturated rings. The second-order valence-electron chi connectivity index (χ2n) is 7.20. The third kappa shape index (κ3) is 4.63. The topological polar surface area (TPSA) is 80.9 Å². The van der Waals surface area contributed by atoms with Crippen LogP contribution in [-0.2, 0) is 11.4 Å². The third-order valence-corrected chi connectivity index (χ3v) is 6.10. The van der Waals surface area contributed by atoms with E-state index in [2.05, 4.69) is 4.99 Å². The highest BCUT2D eigenvalue weighted by Crippen LogP contribution is 2.23. The Labute approximate surface area is 189 Å². The molecular weight excluding hydrogens is 424 g/mol. The molecule has 1 amide bonds. The fraction of sp³-hybridized carbons (Fsp3) is 0.160. The number of thiazole rings is 1. The Morgan fingerprint density at radius 2 is 1.69 bits per heavy atom. The monoisotopic (exact) mass is 446 g/mol. The highest BCUT2D eigenvalue weighted by Gasteiger charge is 2.22. The molecule has 0 aliphatic rings. The van der Waals surface area contributed by atoms with E-state index in [1.54, 1.807) is 35.8 Å². The van der Waals surface area contributed by atoms with Crippen molar-refractivity contribution in [3.05, 3.63) is 94.8 Å². The van der Waals surface area contributed by atoms with Gasteiger partial charge < -0.3 is 14.4 Å². The Bertz CT molecular complexity index is 1310. The van der Waals surface area contributed by atoms with Crippen LogP contribution in [-0.4, -0.2) is 21.6 Å². The van der Waals surface area contributed by atoms with Gasteiger partial charge in [-0.1, -0.05) is 60.7 Å². The molecule has 1 aromatic heterocycles. The largest absolute Gasteiger partial charge is 0.489 e. The lowest BCUT2D eigenvalue weighted by molar-refractivity contribution is -0.140. The van der Waals surface area contributed by atoms with Crippen LogP contribution in [0.2, 0.25) is 0 Å². The van der Waals surface area contributed by atoms with E-state index in [1.807, 2.05) is 54.6 Å². The van der Waals surface area contributed by atoms with Crippen molar-refractivity contribution < 1.29 is 19.4 Å². The molecule has 0 saturated heterocycles. The molecule has 0 aliphatic heterocycles. The van der Waals surface area contributed by atoms with Crippen molar-refractivity contribution in [1.82, 2.24) is 4.57 Å². The molecule has 0 radical (unpaired) electrons. The van der Waals surface area contributed by atoms with Crippen LogP contribution in [0.3, 0.4) is 0 Å². The van der Waals surface area contributed by atoms with E-state index in [-0.39, 0.29) is 0 Å². The van der Waals surface area contributed by atoms with Gasteiger partial charge in [-0.25, -0.2) is 4.79 Å². The molecule has 0 aliphatic carbocycles. The van der Waals surface area contributed by atoms with Gasteiger partial charge in [0.1, 0.15) is 18.4 Å². The van der Waals surface area contributed by atoms with Crippen LogP contribution in [0.25, 0.3) is 10.2 Å². The van der Waals surface area contributed by atoms with Gasteiger partial charge >= 0.3 is 5.97 Å². The summed E-state index contributed by atoms with van der Waals surface area (Å²) in [7, 11) is 0. The quantitative estimate of drug-likeness (QED) is 0.430. The maximum Gasteiger partial charge on any atom is 0.326 e. The van der Waals surface area contributed by atoms with E-state index < -0.39 is 17.9 Å². The predicted octanol–water partition coefficient (Wildman–Crippen LogP) is 5.06. The van der Waals surface area contributed by atoms with Crippen molar-refractivity contribution in [3.63, 3.8) is 0 Å². The summed E-state index contributed by atoms with van der Waals surface area (Å²) in [5.74, 6) is -0.732. The summed E-state index contributed by atoms with van der Waals surface area (Å²) in [5, 5.41) is 9.69. The van der Waals surface area contributed by atoms with Crippen LogP contribution in [0, 0.1) is 0 Å². The lowest BCUT2D eigenvalue weighted by atomic mass is 10.2. The van der Waals surface area contributed by atoms with E-state index in [9.17, 15) is 14.7 Å². The average molecular weight is 447 g/mol. The fourth-order valence-corrected chi connectivity index (χ4v) is 4.49. The van der Waals surface area contributed by atoms with Crippen LogP contribution >= 0.6 is 11.3 Å². The average Bonchev–Trinajstić information content (AvgIpc) is 3.16. The number of carboxylic acid groups (broad SMARTS) is 1. The molecule has 0 bridgehead atoms. The first kappa shape index (κ1) is 21.5. The van der Waals surface area contributed by atoms with E-state index in [4.69, 9.17) is 4.74 Å². The van der Waals surface area contributed by atoms with Crippen molar-refractivity contribution in [1.29, 1.82) is 0 Å². The minimum atomic E-state index is -0.954. The van der Waals surface area contributed by atoms with Crippen molar-refractivity contribution >= 4 is 33.4 Å². The number of carboxylic acids is 1. The predicted molar refractivity (Wildman–Crippen MR) is 124 cm³/mol. The number of hydrogen-bond acceptors (Lipinski definition) is 4. The van der Waals surface area contributed by atoms with Gasteiger partial charge in [0.15, 0.2) is 4.80 Å². The number of para-hydroxylation sites is 1. The minimum absolute atomic E-state index is 0.370. The van der Waals surface area contributed by atoms with E-state index in [0.29, 0.717) is 29.1 Å². The van der Waals surface area contributed by atoms with Crippen LogP contribution in [0.15, 0.2) is 83.9 Å². The second kappa shape index (κ2) is 9.62. The first-order valence-electron chi connectivity index (χ1n) is 10.3. The Hall–Kier alpha value is -3.71. The van der Waals surface area contributed by atoms with Crippen molar-refractivity contribution in [2.45, 2.75) is 26.0 Å². The number of fused-ring (bicyclic) bond motifs is 1. The highest BCUT2D eigenvalue weighted by atomic mass is 32.1. The van der Waals surface area contributed by atoms with Gasteiger partial charge in [0, 0.05) is 5.56 Å². The van der Waals surface area contributed by atoms with E-state index in [1.165, 1.54) is 11.3 Å². The zero-order valence-electron chi connectivity index (χ0n) is 17.5. The number of nitrogens with zero attached hydrogens (tertiary/aromatic N) is 2. The van der Waals surface area contributed by atoms with Crippen molar-refractivity contribution in [2.24, 2.45) is 4.99 Å². The number of carbonyl (C=O) groups is 2. The van der Waals surface area contributed by atoms with Crippen LogP contribution in [0.1, 0.15) is 35.3 Å². The van der Waals surface area contributed by atoms with Crippen LogP contribution in [0.5, 0.6) is 5.75 Å². The number of aromatic nitrogens is 1. The smallest absolute Gasteiger partial charge is 0.326 e. The number of aliphatic carboxylic acids is 1. The molecule has 1 N–H and O–H groups in total. The molecule has 7 heteroatoms. The maximum absolute atomic E-state index is 12.9. The summed E-state index contributed by atoms with van der Waals surface area (Å²) in [4.78, 5) is 29.3. The molecule has 4 rings (SSSR count). The number of hydrogen-bond donors (Lipinski definition) is 1. The number of ether oxygens (including phenoxy) is 1. The van der Waals surface area contributed by atoms with Gasteiger partial charge in [0.2, 0.25) is 0 Å². The standard InChI is InChI=1S/C25H22N2O4S/c1-2-20(24(29)30)27-21-10-6-7-11-22(21)32-25(27)26-23(28)18-12-14-19(15-13-18)31-16-17-8-4-3-5-9-17/h3-15,20H,2,16H2,1H3,(H,29,30). The molecule has 1 heterocycles. The fourth-order valence-electron chi connectivity index (χ4n) is 3.42. The summed E-state index contributed by atoms with van der Waals surface area (Å²) in [6, 6.07) is 23.3. The summed E-state index contributed by atoms with van der Waals surface area (Å²) in [6.07, 6.45) is 0.380. The Kier molecular flexibility index (Phi) is 6.47. The second-order valence-corrected chi connectivity index (χ2v) is 8.21. The maximum atomic E-state index is 12.9. The Balaban J connectivity index is 1.61. The first-order valence-corrected chi connectivity index (χ1v) is 11.1. The number of carbonyl (C=O) groups excluding carboxylic acids is 1. The molecule has 3 aromatic carbocycles. The van der Waals surface area contributed by atoms with Crippen molar-refractivity contribution in [3.8, 4) is 5.75 Å². The number of benzene rings is 3. The van der Waals surface area contributed by atoms with Crippen LogP contribution < -0.4 is 9.54 Å². The van der Waals surface area contributed by atoms with Gasteiger partial charge in [-0.05, 0) is 48.4 Å². The number of rotatable bonds is 7. The van der Waals surface area contributed by atoms with Crippen LogP contribution in [0.4, 0.5) is 0 Å². The van der Waals surface area contributed by atoms with Gasteiger partial charge in [0.25, 0.3) is 5.91 Å². The normalized spacial score (nSPS) is 12.6. The van der Waals surface area contributed by atoms with E-state index in [0.717, 1.165) is 15.8 Å². The first-order chi connectivity index (χ1) is 15.6. The molecule has 1 unspecified atom stereocenters. The molecule has 6 nitrogen and oxygen atoms in total. The van der Waals surface area contributed by atoms with Crippen molar-refractivity contribution in [2.75, 3.05) is 0 Å². The zero-order chi connectivity index (χ0) is 22.5. The zero-order valence-corrected chi connectivity index (χ0v) is 18.3. The van der Waals surface area contributed by atoms with Gasteiger partial charge in [0.05, 0.1) is 10.2 Å². The van der Waals surface area contributed by atoms with E-state index >= 15 is 0 Å². The van der Waals surface area contributed by atoms with Gasteiger partial charge in [-0.2, -0.15) is 4.99 Å². The molecule has 0 saturated carbocycles. The summed E-state index contributed by atoms with van der Waals surface area (Å²) >= 11 is 1.30. The molecule has 162 valence electrons. The lowest BCUT2D eigenvalue weighted by Crippen LogP contribution is -2.27. The molecule has 32 heavy (non-hydrogen) atoms.